The third kappa shape index (κ3) is 6.02. The maximum Gasteiger partial charge on any atom is 0.416 e. The smallest absolute Gasteiger partial charge is 0.416 e. The first-order valence-corrected chi connectivity index (χ1v) is 11.4. The number of aliphatic carboxylic acids is 1. The lowest BCUT2D eigenvalue weighted by Crippen LogP contribution is -2.24. The minimum Gasteiger partial charge on any atom is -0.480 e. The molecule has 12 heteroatoms. The van der Waals surface area contributed by atoms with Gasteiger partial charge in [-0.15, -0.1) is 10.2 Å². The van der Waals surface area contributed by atoms with E-state index in [0.29, 0.717) is 32.2 Å². The summed E-state index contributed by atoms with van der Waals surface area (Å²) in [5.74, 6) is -0.767. The molecule has 0 amide bonds. The maximum atomic E-state index is 13.0. The molecule has 0 saturated carbocycles. The van der Waals surface area contributed by atoms with E-state index >= 15 is 0 Å². The lowest BCUT2D eigenvalue weighted by Gasteiger charge is -2.19. The van der Waals surface area contributed by atoms with E-state index in [1.54, 1.807) is 36.4 Å². The second kappa shape index (κ2) is 10.1. The normalized spacial score (nSPS) is 11.3. The molecule has 0 unspecified atom stereocenters. The van der Waals surface area contributed by atoms with E-state index in [9.17, 15) is 23.1 Å². The minimum absolute atomic E-state index is 0.0298. The van der Waals surface area contributed by atoms with Crippen molar-refractivity contribution in [3.8, 4) is 22.1 Å². The summed E-state index contributed by atoms with van der Waals surface area (Å²) < 4.78 is 44.6. The van der Waals surface area contributed by atoms with Gasteiger partial charge in [-0.1, -0.05) is 52.7 Å². The average molecular weight is 540 g/mol. The van der Waals surface area contributed by atoms with Crippen LogP contribution in [0.25, 0.3) is 10.6 Å². The Kier molecular flexibility index (Phi) is 7.15. The molecule has 0 radical (unpaired) electrons. The van der Waals surface area contributed by atoms with Gasteiger partial charge in [-0.2, -0.15) is 13.2 Å². The van der Waals surface area contributed by atoms with Crippen LogP contribution in [-0.4, -0.2) is 27.8 Å². The molecule has 6 nitrogen and oxygen atoms in total. The van der Waals surface area contributed by atoms with Gasteiger partial charge in [0.15, 0.2) is 0 Å². The van der Waals surface area contributed by atoms with Gasteiger partial charge in [0, 0.05) is 11.3 Å². The molecule has 0 saturated heterocycles. The van der Waals surface area contributed by atoms with Crippen molar-refractivity contribution >= 4 is 51.3 Å². The fraction of sp³-hybridized carbons (Fsp3) is 0.0870. The molecular weight excluding hydrogens is 526 g/mol. The van der Waals surface area contributed by atoms with Gasteiger partial charge in [-0.3, -0.25) is 4.79 Å². The number of carboxylic acids is 1. The summed E-state index contributed by atoms with van der Waals surface area (Å²) in [6, 6.07) is 15.8. The fourth-order valence-corrected chi connectivity index (χ4v) is 4.22. The Morgan fingerprint density at radius 2 is 1.69 bits per heavy atom. The second-order valence-corrected chi connectivity index (χ2v) is 8.89. The van der Waals surface area contributed by atoms with Crippen LogP contribution in [-0.2, 0) is 11.0 Å². The van der Waals surface area contributed by atoms with Crippen molar-refractivity contribution in [1.29, 1.82) is 0 Å². The van der Waals surface area contributed by atoms with Crippen LogP contribution in [0.5, 0.6) is 11.5 Å². The lowest BCUT2D eigenvalue weighted by molar-refractivity contribution is -0.138. The van der Waals surface area contributed by atoms with Crippen LogP contribution >= 0.6 is 34.5 Å². The van der Waals surface area contributed by atoms with Crippen LogP contribution in [0.3, 0.4) is 0 Å². The number of alkyl halides is 3. The van der Waals surface area contributed by atoms with Crippen molar-refractivity contribution in [3.05, 3.63) is 82.3 Å². The first kappa shape index (κ1) is 24.8. The standard InChI is InChI=1S/C23H14Cl2F3N3O3S/c24-18-8-7-15(11-19(18)25)31(12-20(32)33)22-30-29-21(35-22)13-3-1-5-16(9-13)34-17-6-2-4-14(10-17)23(26,27)28/h1-11H,12H2,(H,32,33). The summed E-state index contributed by atoms with van der Waals surface area (Å²) in [7, 11) is 0. The van der Waals surface area contributed by atoms with Crippen LogP contribution in [0.4, 0.5) is 24.0 Å². The number of halogens is 5. The molecule has 0 aliphatic carbocycles. The molecule has 0 aliphatic rings. The van der Waals surface area contributed by atoms with Gasteiger partial charge in [-0.25, -0.2) is 0 Å². The predicted molar refractivity (Wildman–Crippen MR) is 128 cm³/mol. The number of hydrogen-bond acceptors (Lipinski definition) is 6. The van der Waals surface area contributed by atoms with E-state index in [2.05, 4.69) is 10.2 Å². The van der Waals surface area contributed by atoms with E-state index in [0.717, 1.165) is 23.5 Å². The summed E-state index contributed by atoms with van der Waals surface area (Å²) in [5, 5.41) is 18.9. The zero-order valence-corrected chi connectivity index (χ0v) is 19.8. The van der Waals surface area contributed by atoms with E-state index in [1.165, 1.54) is 23.1 Å². The van der Waals surface area contributed by atoms with Crippen LogP contribution in [0.1, 0.15) is 5.56 Å². The van der Waals surface area contributed by atoms with Crippen molar-refractivity contribution in [1.82, 2.24) is 10.2 Å². The Balaban J connectivity index is 1.61. The number of ether oxygens (including phenoxy) is 1. The van der Waals surface area contributed by atoms with E-state index in [4.69, 9.17) is 27.9 Å². The third-order valence-corrected chi connectivity index (χ3v) is 6.37. The average Bonchev–Trinajstić information content (AvgIpc) is 3.29. The van der Waals surface area contributed by atoms with Crippen molar-refractivity contribution in [3.63, 3.8) is 0 Å². The highest BCUT2D eigenvalue weighted by atomic mass is 35.5. The first-order valence-electron chi connectivity index (χ1n) is 9.83. The number of rotatable bonds is 7. The lowest BCUT2D eigenvalue weighted by atomic mass is 10.2. The molecule has 0 fully saturated rings. The molecular formula is C23H14Cl2F3N3O3S. The number of anilines is 2. The highest BCUT2D eigenvalue weighted by Gasteiger charge is 2.30. The molecule has 4 rings (SSSR count). The predicted octanol–water partition coefficient (Wildman–Crippen LogP) is 7.55. The Labute approximate surface area is 211 Å². The molecule has 0 atom stereocenters. The van der Waals surface area contributed by atoms with Crippen LogP contribution < -0.4 is 9.64 Å². The quantitative estimate of drug-likeness (QED) is 0.261. The van der Waals surface area contributed by atoms with Gasteiger partial charge >= 0.3 is 12.1 Å². The first-order chi connectivity index (χ1) is 16.6. The van der Waals surface area contributed by atoms with Gasteiger partial charge in [-0.05, 0) is 48.5 Å². The minimum atomic E-state index is -4.49. The highest BCUT2D eigenvalue weighted by Crippen LogP contribution is 2.37. The van der Waals surface area contributed by atoms with Gasteiger partial charge in [0.1, 0.15) is 23.1 Å². The molecule has 4 aromatic rings. The zero-order valence-electron chi connectivity index (χ0n) is 17.5. The van der Waals surface area contributed by atoms with E-state index < -0.39 is 24.3 Å². The molecule has 0 aliphatic heterocycles. The van der Waals surface area contributed by atoms with Gasteiger partial charge in [0.2, 0.25) is 5.13 Å². The SMILES string of the molecule is O=C(O)CN(c1ccc(Cl)c(Cl)c1)c1nnc(-c2cccc(Oc3cccc(C(F)(F)F)c3)c2)s1. The molecule has 1 aromatic heterocycles. The second-order valence-electron chi connectivity index (χ2n) is 7.12. The van der Waals surface area contributed by atoms with Crippen LogP contribution in [0, 0.1) is 0 Å². The number of nitrogens with zero attached hydrogens (tertiary/aromatic N) is 3. The summed E-state index contributed by atoms with van der Waals surface area (Å²) in [5.41, 5.74) is 0.231. The number of benzene rings is 3. The largest absolute Gasteiger partial charge is 0.480 e. The summed E-state index contributed by atoms with van der Waals surface area (Å²) in [6.45, 7) is -0.398. The topological polar surface area (TPSA) is 75.5 Å². The maximum absolute atomic E-state index is 13.0. The Hall–Kier alpha value is -3.34. The molecule has 3 aromatic carbocycles. The number of carbonyl (C=O) groups is 1. The molecule has 0 bridgehead atoms. The Morgan fingerprint density at radius 1 is 0.971 bits per heavy atom. The fourth-order valence-electron chi connectivity index (χ4n) is 3.06. The highest BCUT2D eigenvalue weighted by molar-refractivity contribution is 7.18. The monoisotopic (exact) mass is 539 g/mol. The molecule has 180 valence electrons. The van der Waals surface area contributed by atoms with Crippen molar-refractivity contribution in [2.45, 2.75) is 6.18 Å². The Bertz CT molecular complexity index is 1380. The third-order valence-electron chi connectivity index (χ3n) is 4.63. The zero-order chi connectivity index (χ0) is 25.2. The van der Waals surface area contributed by atoms with Gasteiger partial charge in [0.25, 0.3) is 0 Å². The van der Waals surface area contributed by atoms with Gasteiger partial charge < -0.3 is 14.7 Å². The molecule has 35 heavy (non-hydrogen) atoms. The van der Waals surface area contributed by atoms with E-state index in [-0.39, 0.29) is 10.8 Å². The summed E-state index contributed by atoms with van der Waals surface area (Å²) in [4.78, 5) is 12.9. The van der Waals surface area contributed by atoms with Crippen LogP contribution in [0.15, 0.2) is 66.7 Å². The number of carboxylic acid groups (broad SMARTS) is 1. The van der Waals surface area contributed by atoms with Crippen molar-refractivity contribution < 1.29 is 27.8 Å². The number of hydrogen-bond donors (Lipinski definition) is 1. The van der Waals surface area contributed by atoms with E-state index in [1.807, 2.05) is 0 Å². The summed E-state index contributed by atoms with van der Waals surface area (Å²) in [6.07, 6.45) is -4.49. The Morgan fingerprint density at radius 3 is 2.37 bits per heavy atom. The van der Waals surface area contributed by atoms with Gasteiger partial charge in [0.05, 0.1) is 15.6 Å². The molecule has 1 heterocycles. The molecule has 0 spiro atoms. The van der Waals surface area contributed by atoms with Crippen LogP contribution in [0.2, 0.25) is 10.0 Å². The number of aromatic nitrogens is 2. The molecule has 1 N–H and O–H groups in total. The summed E-state index contributed by atoms with van der Waals surface area (Å²) >= 11 is 13.2. The van der Waals surface area contributed by atoms with Crippen molar-refractivity contribution in [2.24, 2.45) is 0 Å². The van der Waals surface area contributed by atoms with Crippen molar-refractivity contribution in [2.75, 3.05) is 11.4 Å².